The number of benzene rings is 5. The van der Waals surface area contributed by atoms with Crippen LogP contribution in [0.25, 0.3) is 22.0 Å². The molecule has 0 radical (unpaired) electrons. The molecule has 2 heterocycles. The Morgan fingerprint density at radius 2 is 1.39 bits per heavy atom. The molecule has 8 N–H and O–H groups in total. The Labute approximate surface area is 449 Å². The summed E-state index contributed by atoms with van der Waals surface area (Å²) in [6.45, 7) is 4.81. The number of phenols is 1. The number of aryl methyl sites for hydroxylation is 1. The topological polar surface area (TPSA) is 251 Å². The van der Waals surface area contributed by atoms with Gasteiger partial charge in [-0.2, -0.15) is 26.3 Å². The van der Waals surface area contributed by atoms with Gasteiger partial charge in [0.25, 0.3) is 0 Å². The molecule has 3 amide bonds. The summed E-state index contributed by atoms with van der Waals surface area (Å²) in [5.41, 5.74) is 7.12. The van der Waals surface area contributed by atoms with E-state index in [0.29, 0.717) is 67.3 Å². The minimum atomic E-state index is -5.08. The number of carbonyl (C=O) groups excluding carboxylic acids is 3. The molecule has 23 heteroatoms. The van der Waals surface area contributed by atoms with E-state index in [1.54, 1.807) is 24.1 Å². The van der Waals surface area contributed by atoms with E-state index in [0.717, 1.165) is 53.0 Å². The average Bonchev–Trinajstić information content (AvgIpc) is 3.47. The van der Waals surface area contributed by atoms with Gasteiger partial charge in [-0.3, -0.25) is 19.7 Å². The van der Waals surface area contributed by atoms with Gasteiger partial charge in [-0.05, 0) is 90.8 Å². The lowest BCUT2D eigenvalue weighted by Gasteiger charge is -2.31. The third-order valence-electron chi connectivity index (χ3n) is 12.5. The van der Waals surface area contributed by atoms with Gasteiger partial charge in [-0.1, -0.05) is 91.0 Å². The molecule has 6 aromatic rings. The molecule has 5 aromatic carbocycles. The zero-order valence-electron chi connectivity index (χ0n) is 42.9. The first-order chi connectivity index (χ1) is 37.4. The fraction of sp³-hybridized carbons (Fsp3) is 0.321. The van der Waals surface area contributed by atoms with Gasteiger partial charge < -0.3 is 50.6 Å². The number of para-hydroxylation sites is 1. The van der Waals surface area contributed by atoms with Crippen molar-refractivity contribution in [3.8, 4) is 16.9 Å². The van der Waals surface area contributed by atoms with Gasteiger partial charge in [0.1, 0.15) is 11.9 Å². The van der Waals surface area contributed by atoms with Crippen LogP contribution < -0.4 is 26.4 Å². The molecule has 422 valence electrons. The molecule has 0 bridgehead atoms. The second-order valence-electron chi connectivity index (χ2n) is 18.4. The first-order valence-electron chi connectivity index (χ1n) is 24.8. The highest BCUT2D eigenvalue weighted by molar-refractivity contribution is 5.93. The summed E-state index contributed by atoms with van der Waals surface area (Å²) in [5.74, 6) is -5.60. The van der Waals surface area contributed by atoms with Crippen LogP contribution in [0.1, 0.15) is 61.0 Å². The standard InChI is InChI=1S/C52H58N6O7.2C2HF3O2/c1-35(53-34-47(60)43-20-22-46(59)51-44(43)21-24-49(62)56-51)31-38-10-8-9-36(32-38)17-23-48(61)54-33-37-15-18-40(19-16-37)57(2)50(63)27-30-58-28-25-41(26-29-58)65-52(64)55-45-14-7-6-13-42(45)39-11-4-3-5-12-39;2*3-2(4,5)1(6)7/h3-16,18-22,24,32,35,41,47,53,59-60H,17,23,25-31,33-34H2,1-2H3,(H,54,61)(H,55,64)(H,56,62);2*(H,6,7)/t35-,47+;;/m1../s1. The lowest BCUT2D eigenvalue weighted by atomic mass is 10.0. The van der Waals surface area contributed by atoms with Crippen LogP contribution >= 0.6 is 0 Å². The zero-order chi connectivity index (χ0) is 57.9. The molecule has 0 spiro atoms. The second kappa shape index (κ2) is 28.9. The maximum Gasteiger partial charge on any atom is 0.490 e. The van der Waals surface area contributed by atoms with Gasteiger partial charge >= 0.3 is 30.4 Å². The van der Waals surface area contributed by atoms with Gasteiger partial charge in [0, 0.05) is 81.4 Å². The van der Waals surface area contributed by atoms with Gasteiger partial charge in [-0.25, -0.2) is 14.4 Å². The number of aliphatic carboxylic acids is 2. The number of anilines is 2. The number of fused-ring (bicyclic) bond motifs is 1. The number of hydrogen-bond acceptors (Lipinski definition) is 11. The number of aromatic nitrogens is 1. The number of nitrogens with zero attached hydrogens (tertiary/aromatic N) is 2. The molecule has 1 aliphatic heterocycles. The van der Waals surface area contributed by atoms with E-state index in [-0.39, 0.29) is 41.8 Å². The van der Waals surface area contributed by atoms with Crippen molar-refractivity contribution in [1.29, 1.82) is 0 Å². The number of H-pyrrole nitrogens is 1. The Morgan fingerprint density at radius 1 is 0.772 bits per heavy atom. The number of nitrogens with one attached hydrogen (secondary N) is 4. The van der Waals surface area contributed by atoms with Gasteiger partial charge in [-0.15, -0.1) is 0 Å². The number of ether oxygens (including phenoxy) is 1. The fourth-order valence-electron chi connectivity index (χ4n) is 8.26. The summed E-state index contributed by atoms with van der Waals surface area (Å²) in [7, 11) is 1.77. The number of alkyl halides is 6. The number of rotatable bonds is 18. The van der Waals surface area contributed by atoms with Gasteiger partial charge in [0.05, 0.1) is 17.3 Å². The summed E-state index contributed by atoms with van der Waals surface area (Å²) in [4.78, 5) is 74.9. The summed E-state index contributed by atoms with van der Waals surface area (Å²) in [6, 6.07) is 39.5. The molecule has 1 aromatic heterocycles. The monoisotopic (exact) mass is 1110 g/mol. The number of carboxylic acids is 2. The Morgan fingerprint density at radius 3 is 2.04 bits per heavy atom. The van der Waals surface area contributed by atoms with E-state index in [4.69, 9.17) is 24.5 Å². The molecule has 0 unspecified atom stereocenters. The number of aromatic amines is 1. The van der Waals surface area contributed by atoms with Crippen molar-refractivity contribution in [3.05, 3.63) is 160 Å². The maximum absolute atomic E-state index is 13.2. The van der Waals surface area contributed by atoms with Crippen LogP contribution in [0.2, 0.25) is 0 Å². The van der Waals surface area contributed by atoms with Crippen molar-refractivity contribution in [2.45, 2.75) is 82.6 Å². The Bertz CT molecular complexity index is 3040. The number of carboxylic acid groups (broad SMARTS) is 2. The lowest BCUT2D eigenvalue weighted by Crippen LogP contribution is -2.40. The SMILES string of the molecule is C[C@H](Cc1cccc(CCC(=O)NCc2ccc(N(C)C(=O)CCN3CCC(OC(=O)Nc4ccccc4-c4ccccc4)CC3)cc2)c1)NC[C@H](O)c1ccc(O)c2[nH]c(=O)ccc12.O=C(O)C(F)(F)F.O=C(O)C(F)(F)F. The highest BCUT2D eigenvalue weighted by Crippen LogP contribution is 2.30. The van der Waals surface area contributed by atoms with Crippen LogP contribution in [0.5, 0.6) is 5.75 Å². The average molecular weight is 1110 g/mol. The molecule has 1 fully saturated rings. The predicted octanol–water partition coefficient (Wildman–Crippen LogP) is 8.74. The number of likely N-dealkylation sites (tertiary alicyclic amines) is 1. The number of piperidine rings is 1. The first kappa shape index (κ1) is 61.6. The Kier molecular flexibility index (Phi) is 22.5. The third kappa shape index (κ3) is 19.9. The van der Waals surface area contributed by atoms with Gasteiger partial charge in [0.15, 0.2) is 0 Å². The van der Waals surface area contributed by atoms with E-state index >= 15 is 0 Å². The van der Waals surface area contributed by atoms with E-state index in [2.05, 4.69) is 38.0 Å². The number of aliphatic hydroxyl groups is 1. The number of pyridine rings is 1. The fourth-order valence-corrected chi connectivity index (χ4v) is 8.26. The van der Waals surface area contributed by atoms with Crippen molar-refractivity contribution < 1.29 is 75.5 Å². The molecular weight excluding hydrogens is 1050 g/mol. The summed E-state index contributed by atoms with van der Waals surface area (Å²) in [5, 5.41) is 45.3. The molecule has 1 saturated heterocycles. The van der Waals surface area contributed by atoms with Crippen molar-refractivity contribution >= 4 is 52.1 Å². The largest absolute Gasteiger partial charge is 0.506 e. The second-order valence-corrected chi connectivity index (χ2v) is 18.4. The molecule has 2 atom stereocenters. The van der Waals surface area contributed by atoms with Crippen LogP contribution in [0.4, 0.5) is 42.5 Å². The number of phenolic OH excluding ortho intramolecular Hbond substituents is 1. The van der Waals surface area contributed by atoms with E-state index in [1.807, 2.05) is 97.9 Å². The van der Waals surface area contributed by atoms with E-state index < -0.39 is 36.5 Å². The van der Waals surface area contributed by atoms with Crippen molar-refractivity contribution in [3.63, 3.8) is 0 Å². The van der Waals surface area contributed by atoms with Crippen molar-refractivity contribution in [2.75, 3.05) is 43.4 Å². The molecule has 0 saturated carbocycles. The first-order valence-corrected chi connectivity index (χ1v) is 24.8. The number of aromatic hydroxyl groups is 1. The number of carbonyl (C=O) groups is 5. The maximum atomic E-state index is 13.2. The summed E-state index contributed by atoms with van der Waals surface area (Å²) < 4.78 is 69.3. The summed E-state index contributed by atoms with van der Waals surface area (Å²) >= 11 is 0. The number of amides is 3. The predicted molar refractivity (Wildman–Crippen MR) is 282 cm³/mol. The molecule has 0 aliphatic carbocycles. The minimum Gasteiger partial charge on any atom is -0.506 e. The Hall–Kier alpha value is -8.28. The number of aliphatic hydroxyl groups excluding tert-OH is 1. The zero-order valence-corrected chi connectivity index (χ0v) is 42.9. The van der Waals surface area contributed by atoms with Crippen LogP contribution in [0, 0.1) is 0 Å². The van der Waals surface area contributed by atoms with E-state index in [9.17, 15) is 55.7 Å². The molecular formula is C56H60F6N6O11. The molecule has 7 rings (SSSR count). The molecule has 79 heavy (non-hydrogen) atoms. The quantitative estimate of drug-likeness (QED) is 0.0376. The number of hydrogen-bond donors (Lipinski definition) is 8. The van der Waals surface area contributed by atoms with E-state index in [1.165, 1.54) is 12.1 Å². The minimum absolute atomic E-state index is 0.00862. The lowest BCUT2D eigenvalue weighted by molar-refractivity contribution is -0.193. The van der Waals surface area contributed by atoms with Gasteiger partial charge in [0.2, 0.25) is 17.4 Å². The van der Waals surface area contributed by atoms with Crippen LogP contribution in [-0.2, 0) is 43.3 Å². The van der Waals surface area contributed by atoms with Crippen LogP contribution in [0.3, 0.4) is 0 Å². The normalized spacial score (nSPS) is 13.6. The van der Waals surface area contributed by atoms with Crippen molar-refractivity contribution in [1.82, 2.24) is 20.5 Å². The highest BCUT2D eigenvalue weighted by atomic mass is 19.4. The smallest absolute Gasteiger partial charge is 0.490 e. The van der Waals surface area contributed by atoms with Crippen LogP contribution in [-0.4, -0.2) is 118 Å². The number of halogens is 6. The highest BCUT2D eigenvalue weighted by Gasteiger charge is 2.39. The molecule has 1 aliphatic rings. The van der Waals surface area contributed by atoms with Crippen LogP contribution in [0.15, 0.2) is 132 Å². The Balaban J connectivity index is 0.000000725. The summed E-state index contributed by atoms with van der Waals surface area (Å²) in [6.07, 6.45) is -8.25. The third-order valence-corrected chi connectivity index (χ3v) is 12.5. The van der Waals surface area contributed by atoms with Crippen molar-refractivity contribution in [2.24, 2.45) is 0 Å². The molecule has 17 nitrogen and oxygen atoms in total.